The van der Waals surface area contributed by atoms with E-state index in [2.05, 4.69) is 5.16 Å². The van der Waals surface area contributed by atoms with Crippen molar-refractivity contribution >= 4 is 15.6 Å². The standard InChI is InChI=1S/C21H21NO4S/c1-15(2)27(24,25)14-17-5-7-18(8-6-17)20(23)13-16-3-9-19(10-4-16)21-11-12-22-26-21/h3-12,15H,13-14H2,1-2H3. The molecule has 6 heteroatoms. The number of nitrogens with zero attached hydrogens (tertiary/aromatic N) is 1. The first kappa shape index (κ1) is 19.0. The largest absolute Gasteiger partial charge is 0.356 e. The minimum Gasteiger partial charge on any atom is -0.356 e. The Morgan fingerprint density at radius 2 is 1.59 bits per heavy atom. The summed E-state index contributed by atoms with van der Waals surface area (Å²) in [5.41, 5.74) is 3.06. The van der Waals surface area contributed by atoms with Gasteiger partial charge in [-0.1, -0.05) is 53.7 Å². The molecule has 0 spiro atoms. The van der Waals surface area contributed by atoms with E-state index in [4.69, 9.17) is 4.52 Å². The normalized spacial score (nSPS) is 11.7. The Labute approximate surface area is 158 Å². The van der Waals surface area contributed by atoms with Gasteiger partial charge in [0, 0.05) is 23.6 Å². The number of carbonyl (C=O) groups excluding carboxylic acids is 1. The van der Waals surface area contributed by atoms with E-state index in [1.165, 1.54) is 0 Å². The molecule has 0 aliphatic heterocycles. The maximum absolute atomic E-state index is 12.5. The number of rotatable bonds is 7. The molecular weight excluding hydrogens is 362 g/mol. The summed E-state index contributed by atoms with van der Waals surface area (Å²) in [5, 5.41) is 3.26. The minimum absolute atomic E-state index is 0.0117. The van der Waals surface area contributed by atoms with E-state index in [9.17, 15) is 13.2 Å². The summed E-state index contributed by atoms with van der Waals surface area (Å²) < 4.78 is 29.1. The van der Waals surface area contributed by atoms with E-state index in [0.717, 1.165) is 11.1 Å². The summed E-state index contributed by atoms with van der Waals surface area (Å²) in [6.45, 7) is 3.34. The van der Waals surface area contributed by atoms with Gasteiger partial charge in [0.05, 0.1) is 17.2 Å². The van der Waals surface area contributed by atoms with Gasteiger partial charge in [0.15, 0.2) is 21.4 Å². The molecule has 0 unspecified atom stereocenters. The van der Waals surface area contributed by atoms with Gasteiger partial charge in [-0.2, -0.15) is 0 Å². The van der Waals surface area contributed by atoms with Crippen LogP contribution in [0.1, 0.15) is 35.3 Å². The average molecular weight is 383 g/mol. The SMILES string of the molecule is CC(C)S(=O)(=O)Cc1ccc(C(=O)Cc2ccc(-c3ccno3)cc2)cc1. The van der Waals surface area contributed by atoms with Gasteiger partial charge in [0.2, 0.25) is 0 Å². The van der Waals surface area contributed by atoms with Crippen LogP contribution >= 0.6 is 0 Å². The third kappa shape index (κ3) is 4.71. The topological polar surface area (TPSA) is 77.2 Å². The molecule has 0 saturated heterocycles. The molecule has 0 aliphatic carbocycles. The molecule has 27 heavy (non-hydrogen) atoms. The summed E-state index contributed by atoms with van der Waals surface area (Å²) in [6, 6.07) is 16.1. The van der Waals surface area contributed by atoms with E-state index >= 15 is 0 Å². The molecule has 1 heterocycles. The van der Waals surface area contributed by atoms with Crippen LogP contribution < -0.4 is 0 Å². The third-order valence-corrected chi connectivity index (χ3v) is 6.58. The van der Waals surface area contributed by atoms with Crippen molar-refractivity contribution in [3.05, 3.63) is 77.5 Å². The lowest BCUT2D eigenvalue weighted by Gasteiger charge is -2.08. The third-order valence-electron chi connectivity index (χ3n) is 4.40. The fourth-order valence-electron chi connectivity index (χ4n) is 2.62. The van der Waals surface area contributed by atoms with E-state index in [1.807, 2.05) is 24.3 Å². The lowest BCUT2D eigenvalue weighted by atomic mass is 10.0. The first-order chi connectivity index (χ1) is 12.8. The summed E-state index contributed by atoms with van der Waals surface area (Å²) in [7, 11) is -3.15. The summed E-state index contributed by atoms with van der Waals surface area (Å²) in [6.07, 6.45) is 1.86. The molecule has 3 rings (SSSR count). The van der Waals surface area contributed by atoms with E-state index in [-0.39, 0.29) is 18.0 Å². The lowest BCUT2D eigenvalue weighted by Crippen LogP contribution is -2.16. The van der Waals surface area contributed by atoms with Gasteiger partial charge in [0.25, 0.3) is 0 Å². The smallest absolute Gasteiger partial charge is 0.167 e. The van der Waals surface area contributed by atoms with Crippen molar-refractivity contribution in [1.29, 1.82) is 0 Å². The van der Waals surface area contributed by atoms with Crippen LogP contribution in [0.15, 0.2) is 65.3 Å². The minimum atomic E-state index is -3.15. The quantitative estimate of drug-likeness (QED) is 0.574. The Bertz CT molecular complexity index is 1000. The van der Waals surface area contributed by atoms with E-state index in [1.54, 1.807) is 50.4 Å². The molecule has 0 radical (unpaired) electrons. The average Bonchev–Trinajstić information content (AvgIpc) is 3.17. The van der Waals surface area contributed by atoms with Crippen molar-refractivity contribution in [3.8, 4) is 11.3 Å². The van der Waals surface area contributed by atoms with E-state index < -0.39 is 15.1 Å². The molecule has 0 fully saturated rings. The molecule has 1 aromatic heterocycles. The van der Waals surface area contributed by atoms with Crippen LogP contribution in [0.2, 0.25) is 0 Å². The highest BCUT2D eigenvalue weighted by Crippen LogP contribution is 2.20. The monoisotopic (exact) mass is 383 g/mol. The zero-order valence-corrected chi connectivity index (χ0v) is 16.1. The second-order valence-electron chi connectivity index (χ2n) is 6.73. The highest BCUT2D eigenvalue weighted by Gasteiger charge is 2.17. The fourth-order valence-corrected chi connectivity index (χ4v) is 3.62. The van der Waals surface area contributed by atoms with Crippen molar-refractivity contribution in [3.63, 3.8) is 0 Å². The van der Waals surface area contributed by atoms with Crippen LogP contribution in [-0.4, -0.2) is 24.6 Å². The molecule has 2 aromatic carbocycles. The maximum Gasteiger partial charge on any atom is 0.167 e. The lowest BCUT2D eigenvalue weighted by molar-refractivity contribution is 0.0993. The number of Topliss-reactive ketones (excluding diaryl/α,β-unsaturated/α-hetero) is 1. The van der Waals surface area contributed by atoms with Gasteiger partial charge in [-0.25, -0.2) is 8.42 Å². The van der Waals surface area contributed by atoms with Crippen molar-refractivity contribution < 1.29 is 17.7 Å². The molecule has 5 nitrogen and oxygen atoms in total. The van der Waals surface area contributed by atoms with E-state index in [0.29, 0.717) is 16.9 Å². The Hall–Kier alpha value is -2.73. The van der Waals surface area contributed by atoms with Crippen LogP contribution in [0.4, 0.5) is 0 Å². The first-order valence-electron chi connectivity index (χ1n) is 8.69. The van der Waals surface area contributed by atoms with Crippen LogP contribution in [0.3, 0.4) is 0 Å². The van der Waals surface area contributed by atoms with Crippen LogP contribution in [0.5, 0.6) is 0 Å². The van der Waals surface area contributed by atoms with Crippen LogP contribution in [-0.2, 0) is 22.0 Å². The zero-order chi connectivity index (χ0) is 19.4. The van der Waals surface area contributed by atoms with Crippen molar-refractivity contribution in [2.45, 2.75) is 31.3 Å². The molecule has 0 bridgehead atoms. The number of aromatic nitrogens is 1. The molecule has 0 atom stereocenters. The Kier molecular flexibility index (Phi) is 5.56. The highest BCUT2D eigenvalue weighted by atomic mass is 32.2. The summed E-state index contributed by atoms with van der Waals surface area (Å²) in [5.74, 6) is 0.655. The zero-order valence-electron chi connectivity index (χ0n) is 15.3. The number of ketones is 1. The highest BCUT2D eigenvalue weighted by molar-refractivity contribution is 7.91. The predicted molar refractivity (Wildman–Crippen MR) is 104 cm³/mol. The Morgan fingerprint density at radius 1 is 0.963 bits per heavy atom. The Balaban J connectivity index is 1.66. The van der Waals surface area contributed by atoms with Crippen LogP contribution in [0, 0.1) is 0 Å². The number of hydrogen-bond acceptors (Lipinski definition) is 5. The second kappa shape index (κ2) is 7.88. The summed E-state index contributed by atoms with van der Waals surface area (Å²) in [4.78, 5) is 12.5. The van der Waals surface area contributed by atoms with Crippen molar-refractivity contribution in [2.75, 3.05) is 0 Å². The van der Waals surface area contributed by atoms with Gasteiger partial charge in [-0.15, -0.1) is 0 Å². The molecule has 0 saturated carbocycles. The second-order valence-corrected chi connectivity index (χ2v) is 9.28. The fraction of sp³-hybridized carbons (Fsp3) is 0.238. The summed E-state index contributed by atoms with van der Waals surface area (Å²) >= 11 is 0. The van der Waals surface area contributed by atoms with Gasteiger partial charge < -0.3 is 4.52 Å². The number of carbonyl (C=O) groups is 1. The molecule has 140 valence electrons. The molecule has 0 N–H and O–H groups in total. The Morgan fingerprint density at radius 3 is 2.15 bits per heavy atom. The van der Waals surface area contributed by atoms with Crippen LogP contribution in [0.25, 0.3) is 11.3 Å². The van der Waals surface area contributed by atoms with Gasteiger partial charge in [0.1, 0.15) is 0 Å². The number of hydrogen-bond donors (Lipinski definition) is 0. The number of benzene rings is 2. The first-order valence-corrected chi connectivity index (χ1v) is 10.4. The van der Waals surface area contributed by atoms with Crippen molar-refractivity contribution in [1.82, 2.24) is 5.16 Å². The van der Waals surface area contributed by atoms with Gasteiger partial charge in [-0.3, -0.25) is 4.79 Å². The molecule has 0 amide bonds. The predicted octanol–water partition coefficient (Wildman–Crippen LogP) is 4.09. The number of sulfone groups is 1. The van der Waals surface area contributed by atoms with Gasteiger partial charge >= 0.3 is 0 Å². The molecule has 3 aromatic rings. The van der Waals surface area contributed by atoms with Crippen molar-refractivity contribution in [2.24, 2.45) is 0 Å². The molecular formula is C21H21NO4S. The van der Waals surface area contributed by atoms with Gasteiger partial charge in [-0.05, 0) is 25.0 Å². The maximum atomic E-state index is 12.5. The molecule has 0 aliphatic rings.